The van der Waals surface area contributed by atoms with Crippen LogP contribution < -0.4 is 0 Å². The summed E-state index contributed by atoms with van der Waals surface area (Å²) >= 11 is 0. The molecule has 0 bridgehead atoms. The van der Waals surface area contributed by atoms with Crippen LogP contribution in [0, 0.1) is 11.8 Å². The third-order valence-corrected chi connectivity index (χ3v) is 4.66. The summed E-state index contributed by atoms with van der Waals surface area (Å²) in [7, 11) is 0. The zero-order valence-electron chi connectivity index (χ0n) is 15.6. The van der Waals surface area contributed by atoms with Gasteiger partial charge in [0.2, 0.25) is 0 Å². The standard InChI is InChI=1S/C25H25NO/c1-21(17-18-22-11-5-2-6-12-22)26(19-23-13-7-3-8-14-23)25(20-27)24-15-9-4-10-16-24/h2-16,21,25,27H,19-20H2,1H3/t21-,25+/m1/s1. The first-order valence-corrected chi connectivity index (χ1v) is 9.30. The van der Waals surface area contributed by atoms with Gasteiger partial charge in [0.1, 0.15) is 0 Å². The second kappa shape index (κ2) is 9.73. The minimum atomic E-state index is -0.105. The lowest BCUT2D eigenvalue weighted by molar-refractivity contribution is 0.101. The van der Waals surface area contributed by atoms with E-state index in [-0.39, 0.29) is 18.7 Å². The van der Waals surface area contributed by atoms with Gasteiger partial charge in [0.05, 0.1) is 18.7 Å². The molecule has 3 aromatic carbocycles. The third kappa shape index (κ3) is 5.31. The quantitative estimate of drug-likeness (QED) is 0.650. The maximum Gasteiger partial charge on any atom is 0.0698 e. The number of hydrogen-bond donors (Lipinski definition) is 1. The van der Waals surface area contributed by atoms with E-state index in [2.05, 4.69) is 47.9 Å². The van der Waals surface area contributed by atoms with Crippen molar-refractivity contribution < 1.29 is 5.11 Å². The highest BCUT2D eigenvalue weighted by atomic mass is 16.3. The molecule has 3 rings (SSSR count). The van der Waals surface area contributed by atoms with E-state index >= 15 is 0 Å². The Hall–Kier alpha value is -2.86. The fourth-order valence-electron chi connectivity index (χ4n) is 3.18. The molecule has 0 amide bonds. The molecule has 1 N–H and O–H groups in total. The normalized spacial score (nSPS) is 12.9. The molecule has 2 nitrogen and oxygen atoms in total. The zero-order valence-corrected chi connectivity index (χ0v) is 15.6. The van der Waals surface area contributed by atoms with Gasteiger partial charge in [-0.05, 0) is 30.2 Å². The van der Waals surface area contributed by atoms with Gasteiger partial charge in [0.15, 0.2) is 0 Å². The molecule has 3 aromatic rings. The molecule has 27 heavy (non-hydrogen) atoms. The van der Waals surface area contributed by atoms with Crippen LogP contribution >= 0.6 is 0 Å². The molecule has 2 atom stereocenters. The van der Waals surface area contributed by atoms with Crippen molar-refractivity contribution in [2.45, 2.75) is 25.6 Å². The van der Waals surface area contributed by atoms with Gasteiger partial charge in [-0.2, -0.15) is 0 Å². The first-order chi connectivity index (χ1) is 13.3. The Labute approximate surface area is 162 Å². The summed E-state index contributed by atoms with van der Waals surface area (Å²) in [6.45, 7) is 2.88. The van der Waals surface area contributed by atoms with Crippen LogP contribution in [-0.4, -0.2) is 22.7 Å². The molecule has 0 heterocycles. The molecule has 0 aliphatic heterocycles. The van der Waals surface area contributed by atoms with Gasteiger partial charge in [-0.1, -0.05) is 90.7 Å². The lowest BCUT2D eigenvalue weighted by Gasteiger charge is -2.33. The smallest absolute Gasteiger partial charge is 0.0698 e. The average molecular weight is 355 g/mol. The van der Waals surface area contributed by atoms with Crippen molar-refractivity contribution in [3.05, 3.63) is 108 Å². The van der Waals surface area contributed by atoms with Crippen molar-refractivity contribution in [3.63, 3.8) is 0 Å². The second-order valence-electron chi connectivity index (χ2n) is 6.58. The van der Waals surface area contributed by atoms with Crippen LogP contribution in [0.15, 0.2) is 91.0 Å². The van der Waals surface area contributed by atoms with E-state index in [9.17, 15) is 5.11 Å². The van der Waals surface area contributed by atoms with E-state index < -0.39 is 0 Å². The molecule has 0 aliphatic rings. The van der Waals surface area contributed by atoms with Crippen LogP contribution in [0.1, 0.15) is 29.7 Å². The molecule has 136 valence electrons. The molecule has 0 unspecified atom stereocenters. The highest BCUT2D eigenvalue weighted by Crippen LogP contribution is 2.25. The van der Waals surface area contributed by atoms with Crippen LogP contribution in [0.5, 0.6) is 0 Å². The monoisotopic (exact) mass is 355 g/mol. The molecule has 2 heteroatoms. The minimum Gasteiger partial charge on any atom is -0.394 e. The molecule has 0 spiro atoms. The van der Waals surface area contributed by atoms with Gasteiger partial charge in [-0.15, -0.1) is 0 Å². The van der Waals surface area contributed by atoms with Crippen LogP contribution in [0.3, 0.4) is 0 Å². The number of aliphatic hydroxyl groups excluding tert-OH is 1. The van der Waals surface area contributed by atoms with Gasteiger partial charge in [0.25, 0.3) is 0 Å². The maximum atomic E-state index is 10.2. The molecule has 0 saturated heterocycles. The van der Waals surface area contributed by atoms with Crippen molar-refractivity contribution in [1.29, 1.82) is 0 Å². The van der Waals surface area contributed by atoms with Crippen LogP contribution in [0.2, 0.25) is 0 Å². The van der Waals surface area contributed by atoms with Crippen LogP contribution in [0.25, 0.3) is 0 Å². The van der Waals surface area contributed by atoms with Crippen molar-refractivity contribution >= 4 is 0 Å². The van der Waals surface area contributed by atoms with E-state index in [1.807, 2.05) is 66.7 Å². The Morgan fingerprint density at radius 2 is 1.37 bits per heavy atom. The van der Waals surface area contributed by atoms with E-state index in [1.54, 1.807) is 0 Å². The zero-order chi connectivity index (χ0) is 18.9. The maximum absolute atomic E-state index is 10.2. The van der Waals surface area contributed by atoms with E-state index in [0.717, 1.165) is 17.7 Å². The first kappa shape index (κ1) is 18.9. The molecular formula is C25H25NO. The Balaban J connectivity index is 1.90. The van der Waals surface area contributed by atoms with Crippen LogP contribution in [-0.2, 0) is 6.54 Å². The Morgan fingerprint density at radius 3 is 1.96 bits per heavy atom. The predicted octanol–water partition coefficient (Wildman–Crippen LogP) is 4.66. The van der Waals surface area contributed by atoms with Gasteiger partial charge < -0.3 is 5.11 Å². The number of rotatable bonds is 6. The molecular weight excluding hydrogens is 330 g/mol. The molecule has 0 radical (unpaired) electrons. The van der Waals surface area contributed by atoms with Gasteiger partial charge >= 0.3 is 0 Å². The highest BCUT2D eigenvalue weighted by molar-refractivity contribution is 5.35. The van der Waals surface area contributed by atoms with Crippen molar-refractivity contribution in [1.82, 2.24) is 4.90 Å². The first-order valence-electron chi connectivity index (χ1n) is 9.30. The van der Waals surface area contributed by atoms with Crippen LogP contribution in [0.4, 0.5) is 0 Å². The summed E-state index contributed by atoms with van der Waals surface area (Å²) in [5.74, 6) is 6.64. The summed E-state index contributed by atoms with van der Waals surface area (Å²) in [6, 6.07) is 30.4. The van der Waals surface area contributed by atoms with Crippen molar-refractivity contribution in [2.75, 3.05) is 6.61 Å². The fourth-order valence-corrected chi connectivity index (χ4v) is 3.18. The van der Waals surface area contributed by atoms with Gasteiger partial charge in [-0.25, -0.2) is 0 Å². The molecule has 0 fully saturated rings. The lowest BCUT2D eigenvalue weighted by Crippen LogP contribution is -2.37. The number of aliphatic hydroxyl groups is 1. The number of hydrogen-bond acceptors (Lipinski definition) is 2. The second-order valence-corrected chi connectivity index (χ2v) is 6.58. The summed E-state index contributed by atoms with van der Waals surface area (Å²) in [5.41, 5.74) is 3.31. The summed E-state index contributed by atoms with van der Waals surface area (Å²) < 4.78 is 0. The largest absolute Gasteiger partial charge is 0.394 e. The van der Waals surface area contributed by atoms with E-state index in [0.29, 0.717) is 0 Å². The Bertz CT molecular complexity index is 866. The van der Waals surface area contributed by atoms with E-state index in [4.69, 9.17) is 0 Å². The fraction of sp³-hybridized carbons (Fsp3) is 0.200. The number of nitrogens with zero attached hydrogens (tertiary/aromatic N) is 1. The molecule has 0 aliphatic carbocycles. The SMILES string of the molecule is C[C@H](C#Cc1ccccc1)N(Cc1ccccc1)[C@@H](CO)c1ccccc1. The van der Waals surface area contributed by atoms with Crippen molar-refractivity contribution in [3.8, 4) is 11.8 Å². The molecule has 0 saturated carbocycles. The Morgan fingerprint density at radius 1 is 0.815 bits per heavy atom. The summed E-state index contributed by atoms with van der Waals surface area (Å²) in [5, 5.41) is 10.2. The third-order valence-electron chi connectivity index (χ3n) is 4.66. The number of benzene rings is 3. The lowest BCUT2D eigenvalue weighted by atomic mass is 10.0. The van der Waals surface area contributed by atoms with E-state index in [1.165, 1.54) is 5.56 Å². The predicted molar refractivity (Wildman–Crippen MR) is 111 cm³/mol. The van der Waals surface area contributed by atoms with Crippen molar-refractivity contribution in [2.24, 2.45) is 0 Å². The summed E-state index contributed by atoms with van der Waals surface area (Å²) in [6.07, 6.45) is 0. The van der Waals surface area contributed by atoms with Gasteiger partial charge in [0, 0.05) is 12.1 Å². The van der Waals surface area contributed by atoms with Gasteiger partial charge in [-0.3, -0.25) is 4.90 Å². The minimum absolute atomic E-state index is 0.0113. The topological polar surface area (TPSA) is 23.5 Å². The summed E-state index contributed by atoms with van der Waals surface area (Å²) in [4.78, 5) is 2.26. The highest BCUT2D eigenvalue weighted by Gasteiger charge is 2.23. The average Bonchev–Trinajstić information content (AvgIpc) is 2.74. The molecule has 0 aromatic heterocycles. The Kier molecular flexibility index (Phi) is 6.82.